The molecular weight excluding hydrogens is 533 g/mol. The Morgan fingerprint density at radius 2 is 2.23 bits per heavy atom. The van der Waals surface area contributed by atoms with E-state index in [1.807, 2.05) is 17.7 Å². The number of nitrogens with zero attached hydrogens (tertiary/aromatic N) is 4. The fourth-order valence-corrected chi connectivity index (χ4v) is 4.29. The Hall–Kier alpha value is -1.77. The van der Waals surface area contributed by atoms with E-state index in [0.717, 1.165) is 37.3 Å². The number of aromatic nitrogens is 3. The average molecular weight is 563 g/mol. The van der Waals surface area contributed by atoms with Crippen molar-refractivity contribution in [3.8, 4) is 0 Å². The van der Waals surface area contributed by atoms with Crippen molar-refractivity contribution >= 4 is 40.0 Å². The van der Waals surface area contributed by atoms with Crippen molar-refractivity contribution in [3.05, 3.63) is 42.0 Å². The quantitative estimate of drug-likeness (QED) is 0.179. The molecule has 0 radical (unpaired) electrons. The molecule has 1 aliphatic rings. The molecular formula is C19H30IN7O3S. The molecule has 0 bridgehead atoms. The van der Waals surface area contributed by atoms with Crippen molar-refractivity contribution in [1.29, 1.82) is 0 Å². The van der Waals surface area contributed by atoms with Crippen molar-refractivity contribution in [2.45, 2.75) is 43.8 Å². The maximum Gasteiger partial charge on any atom is 0.240 e. The highest BCUT2D eigenvalue weighted by Gasteiger charge is 2.20. The molecule has 0 amide bonds. The second-order valence-corrected chi connectivity index (χ2v) is 8.74. The van der Waals surface area contributed by atoms with Crippen LogP contribution in [0.2, 0.25) is 0 Å². The summed E-state index contributed by atoms with van der Waals surface area (Å²) < 4.78 is 34.1. The SMILES string of the molecule is CCNC(=NCc1cccc(S(=O)(=O)NCCOC)c1)NC1CCc2ncnn2C1.I. The predicted molar refractivity (Wildman–Crippen MR) is 129 cm³/mol. The van der Waals surface area contributed by atoms with Crippen LogP contribution in [0, 0.1) is 0 Å². The van der Waals surface area contributed by atoms with Gasteiger partial charge in [0.2, 0.25) is 10.0 Å². The molecule has 0 aliphatic carbocycles. The summed E-state index contributed by atoms with van der Waals surface area (Å²) >= 11 is 0. The van der Waals surface area contributed by atoms with Gasteiger partial charge in [0, 0.05) is 32.7 Å². The zero-order chi connectivity index (χ0) is 21.4. The maximum atomic E-state index is 12.4. The Labute approximate surface area is 200 Å². The minimum atomic E-state index is -3.57. The largest absolute Gasteiger partial charge is 0.383 e. The topological polar surface area (TPSA) is 123 Å². The smallest absolute Gasteiger partial charge is 0.240 e. The number of halogens is 1. The van der Waals surface area contributed by atoms with E-state index in [9.17, 15) is 8.42 Å². The zero-order valence-corrected chi connectivity index (χ0v) is 20.9. The lowest BCUT2D eigenvalue weighted by atomic mass is 10.1. The number of nitrogens with one attached hydrogen (secondary N) is 3. The molecule has 1 atom stereocenters. The summed E-state index contributed by atoms with van der Waals surface area (Å²) in [6.07, 6.45) is 3.40. The Morgan fingerprint density at radius 1 is 1.39 bits per heavy atom. The van der Waals surface area contributed by atoms with E-state index in [1.54, 1.807) is 24.5 Å². The van der Waals surface area contributed by atoms with Gasteiger partial charge in [0.1, 0.15) is 12.2 Å². The summed E-state index contributed by atoms with van der Waals surface area (Å²) in [5, 5.41) is 10.9. The van der Waals surface area contributed by atoms with Crippen LogP contribution >= 0.6 is 24.0 Å². The number of hydrogen-bond acceptors (Lipinski definition) is 6. The van der Waals surface area contributed by atoms with Crippen LogP contribution in [0.1, 0.15) is 24.7 Å². The van der Waals surface area contributed by atoms with Gasteiger partial charge in [-0.1, -0.05) is 12.1 Å². The van der Waals surface area contributed by atoms with Crippen LogP contribution in [0.3, 0.4) is 0 Å². The Bertz CT molecular complexity index is 965. The van der Waals surface area contributed by atoms with Gasteiger partial charge in [0.25, 0.3) is 0 Å². The van der Waals surface area contributed by atoms with Crippen molar-refractivity contribution in [1.82, 2.24) is 30.1 Å². The van der Waals surface area contributed by atoms with Crippen LogP contribution in [0.15, 0.2) is 40.5 Å². The molecule has 2 heterocycles. The molecule has 31 heavy (non-hydrogen) atoms. The fraction of sp³-hybridized carbons (Fsp3) is 0.526. The number of hydrogen-bond donors (Lipinski definition) is 3. The van der Waals surface area contributed by atoms with Gasteiger partial charge in [0.05, 0.1) is 24.6 Å². The zero-order valence-electron chi connectivity index (χ0n) is 17.7. The van der Waals surface area contributed by atoms with Crippen molar-refractivity contribution in [3.63, 3.8) is 0 Å². The second-order valence-electron chi connectivity index (χ2n) is 6.97. The van der Waals surface area contributed by atoms with Gasteiger partial charge >= 0.3 is 0 Å². The number of rotatable bonds is 9. The standard InChI is InChI=1S/C19H29N7O3S.HI/c1-3-20-19(25-16-7-8-18-22-14-23-26(18)13-16)21-12-15-5-4-6-17(11-15)30(27,28)24-9-10-29-2;/h4-6,11,14,16,24H,3,7-10,12-13H2,1-2H3,(H2,20,21,25);1H. The van der Waals surface area contributed by atoms with E-state index in [-0.39, 0.29) is 41.5 Å². The molecule has 0 saturated heterocycles. The van der Waals surface area contributed by atoms with Crippen molar-refractivity contribution in [2.24, 2.45) is 4.99 Å². The number of sulfonamides is 1. The van der Waals surface area contributed by atoms with Gasteiger partial charge < -0.3 is 15.4 Å². The van der Waals surface area contributed by atoms with Gasteiger partial charge in [-0.25, -0.2) is 27.8 Å². The molecule has 10 nitrogen and oxygen atoms in total. The fourth-order valence-electron chi connectivity index (χ4n) is 3.21. The highest BCUT2D eigenvalue weighted by molar-refractivity contribution is 14.0. The molecule has 1 aromatic carbocycles. The van der Waals surface area contributed by atoms with Crippen LogP contribution < -0.4 is 15.4 Å². The Balaban J connectivity index is 0.00000341. The number of guanidine groups is 1. The van der Waals surface area contributed by atoms with E-state index in [0.29, 0.717) is 19.1 Å². The third-order valence-electron chi connectivity index (χ3n) is 4.72. The normalized spacial score (nSPS) is 16.3. The third-order valence-corrected chi connectivity index (χ3v) is 6.18. The van der Waals surface area contributed by atoms with Gasteiger partial charge in [-0.2, -0.15) is 5.10 Å². The molecule has 1 aliphatic heterocycles. The van der Waals surface area contributed by atoms with Crippen LogP contribution in [0.4, 0.5) is 0 Å². The number of ether oxygens (including phenoxy) is 1. The van der Waals surface area contributed by atoms with Crippen molar-refractivity contribution < 1.29 is 13.2 Å². The monoisotopic (exact) mass is 563 g/mol. The van der Waals surface area contributed by atoms with E-state index >= 15 is 0 Å². The highest BCUT2D eigenvalue weighted by atomic mass is 127. The van der Waals surface area contributed by atoms with E-state index < -0.39 is 10.0 Å². The van der Waals surface area contributed by atoms with Crippen LogP contribution in [0.5, 0.6) is 0 Å². The summed E-state index contributed by atoms with van der Waals surface area (Å²) in [5.74, 6) is 1.70. The minimum Gasteiger partial charge on any atom is -0.383 e. The number of aliphatic imine (C=N–C) groups is 1. The lowest BCUT2D eigenvalue weighted by Crippen LogP contribution is -2.47. The minimum absolute atomic E-state index is 0. The van der Waals surface area contributed by atoms with Crippen LogP contribution in [0.25, 0.3) is 0 Å². The highest BCUT2D eigenvalue weighted by Crippen LogP contribution is 2.13. The first-order chi connectivity index (χ1) is 14.5. The maximum absolute atomic E-state index is 12.4. The average Bonchev–Trinajstić information content (AvgIpc) is 3.20. The summed E-state index contributed by atoms with van der Waals surface area (Å²) in [5.41, 5.74) is 0.809. The Morgan fingerprint density at radius 3 is 3.00 bits per heavy atom. The van der Waals surface area contributed by atoms with Gasteiger partial charge in [-0.05, 0) is 31.0 Å². The van der Waals surface area contributed by atoms with E-state index in [2.05, 4.69) is 30.4 Å². The lowest BCUT2D eigenvalue weighted by Gasteiger charge is -2.25. The molecule has 0 saturated carbocycles. The summed E-state index contributed by atoms with van der Waals surface area (Å²) in [4.78, 5) is 9.10. The Kier molecular flexibility index (Phi) is 10.1. The van der Waals surface area contributed by atoms with Crippen molar-refractivity contribution in [2.75, 3.05) is 26.8 Å². The molecule has 0 spiro atoms. The number of methoxy groups -OCH3 is 1. The van der Waals surface area contributed by atoms with E-state index in [4.69, 9.17) is 4.74 Å². The van der Waals surface area contributed by atoms with Crippen LogP contribution in [-0.2, 0) is 34.3 Å². The lowest BCUT2D eigenvalue weighted by molar-refractivity contribution is 0.204. The van der Waals surface area contributed by atoms with Gasteiger partial charge in [-0.15, -0.1) is 24.0 Å². The molecule has 172 valence electrons. The molecule has 1 unspecified atom stereocenters. The molecule has 12 heteroatoms. The molecule has 0 fully saturated rings. The number of fused-ring (bicyclic) bond motifs is 1. The van der Waals surface area contributed by atoms with E-state index in [1.165, 1.54) is 7.11 Å². The number of benzene rings is 1. The molecule has 2 aromatic rings. The summed E-state index contributed by atoms with van der Waals surface area (Å²) in [6, 6.07) is 7.01. The molecule has 1 aromatic heterocycles. The first-order valence-electron chi connectivity index (χ1n) is 10.0. The van der Waals surface area contributed by atoms with Gasteiger partial charge in [-0.3, -0.25) is 0 Å². The molecule has 3 rings (SSSR count). The summed E-state index contributed by atoms with van der Waals surface area (Å²) in [7, 11) is -2.05. The van der Waals surface area contributed by atoms with Crippen LogP contribution in [-0.4, -0.2) is 62.0 Å². The molecule has 3 N–H and O–H groups in total. The van der Waals surface area contributed by atoms with Gasteiger partial charge in [0.15, 0.2) is 5.96 Å². The second kappa shape index (κ2) is 12.3. The first kappa shape index (κ1) is 25.5. The number of aryl methyl sites for hydroxylation is 1. The first-order valence-corrected chi connectivity index (χ1v) is 11.5. The predicted octanol–water partition coefficient (Wildman–Crippen LogP) is 0.891. The summed E-state index contributed by atoms with van der Waals surface area (Å²) in [6.45, 7) is 4.37. The third kappa shape index (κ3) is 7.40.